The van der Waals surface area contributed by atoms with Crippen molar-refractivity contribution in [3.63, 3.8) is 0 Å². The number of aromatic hydroxyl groups is 1. The summed E-state index contributed by atoms with van der Waals surface area (Å²) in [5.41, 5.74) is 5.85. The summed E-state index contributed by atoms with van der Waals surface area (Å²) < 4.78 is 1.08. The Morgan fingerprint density at radius 3 is 2.23 bits per heavy atom. The molecule has 0 aliphatic carbocycles. The summed E-state index contributed by atoms with van der Waals surface area (Å²) in [4.78, 5) is 11.7. The Kier molecular flexibility index (Phi) is 5.45. The van der Waals surface area contributed by atoms with Gasteiger partial charge in [0.1, 0.15) is 16.6 Å². The highest BCUT2D eigenvalue weighted by Gasteiger charge is 2.16. The molecule has 0 unspecified atom stereocenters. The average molecular weight is 472 g/mol. The van der Waals surface area contributed by atoms with Crippen LogP contribution in [0.2, 0.25) is 0 Å². The van der Waals surface area contributed by atoms with Crippen molar-refractivity contribution in [3.8, 4) is 27.4 Å². The van der Waals surface area contributed by atoms with E-state index in [0.29, 0.717) is 0 Å². The Morgan fingerprint density at radius 1 is 0.657 bits per heavy atom. The van der Waals surface area contributed by atoms with Gasteiger partial charge in [0.15, 0.2) is 0 Å². The number of anilines is 3. The highest BCUT2D eigenvalue weighted by atomic mass is 32.1. The molecule has 0 saturated carbocycles. The van der Waals surface area contributed by atoms with Gasteiger partial charge >= 0.3 is 0 Å². The molecule has 168 valence electrons. The average Bonchev–Trinajstić information content (AvgIpc) is 3.35. The van der Waals surface area contributed by atoms with Gasteiger partial charge in [-0.3, -0.25) is 4.90 Å². The molecule has 0 spiro atoms. The van der Waals surface area contributed by atoms with Crippen LogP contribution in [0.3, 0.4) is 0 Å². The number of hydrogen-bond donors (Lipinski definition) is 1. The second kappa shape index (κ2) is 9.05. The number of rotatable bonds is 5. The van der Waals surface area contributed by atoms with Gasteiger partial charge in [-0.05, 0) is 60.2 Å². The lowest BCUT2D eigenvalue weighted by Crippen LogP contribution is -2.11. The van der Waals surface area contributed by atoms with Gasteiger partial charge in [-0.15, -0.1) is 11.3 Å². The van der Waals surface area contributed by atoms with Gasteiger partial charge in [-0.25, -0.2) is 9.97 Å². The minimum absolute atomic E-state index is 0.240. The first-order chi connectivity index (χ1) is 17.3. The molecule has 6 aromatic rings. The van der Waals surface area contributed by atoms with Crippen LogP contribution < -0.4 is 4.90 Å². The number of nitrogens with zero attached hydrogens (tertiary/aromatic N) is 3. The number of phenolic OH excluding ortho intramolecular Hbond substituents is 1. The first-order valence-electron chi connectivity index (χ1n) is 11.3. The third-order valence-electron chi connectivity index (χ3n) is 5.86. The molecular formula is C30H21N3OS. The summed E-state index contributed by atoms with van der Waals surface area (Å²) >= 11 is 1.59. The zero-order valence-electron chi connectivity index (χ0n) is 18.7. The fourth-order valence-electron chi connectivity index (χ4n) is 4.24. The van der Waals surface area contributed by atoms with Crippen LogP contribution >= 0.6 is 11.3 Å². The highest BCUT2D eigenvalue weighted by molar-refractivity contribution is 7.21. The summed E-state index contributed by atoms with van der Waals surface area (Å²) in [6, 6.07) is 38.2. The molecule has 0 saturated heterocycles. The first kappa shape index (κ1) is 21.1. The van der Waals surface area contributed by atoms with Gasteiger partial charge in [0.05, 0.1) is 15.8 Å². The summed E-state index contributed by atoms with van der Waals surface area (Å²) in [6.45, 7) is 0. The number of para-hydroxylation sites is 3. The fourth-order valence-corrected chi connectivity index (χ4v) is 5.27. The summed E-state index contributed by atoms with van der Waals surface area (Å²) in [6.07, 6.45) is 1.81. The number of benzene rings is 4. The molecule has 0 fully saturated rings. The topological polar surface area (TPSA) is 49.3 Å². The van der Waals surface area contributed by atoms with Crippen LogP contribution in [0.25, 0.3) is 31.9 Å². The molecule has 0 amide bonds. The van der Waals surface area contributed by atoms with Crippen LogP contribution in [0.15, 0.2) is 121 Å². The smallest absolute Gasteiger partial charge is 0.137 e. The molecule has 0 aliphatic rings. The molecule has 5 heteroatoms. The number of phenols is 1. The lowest BCUT2D eigenvalue weighted by atomic mass is 10.0. The van der Waals surface area contributed by atoms with Crippen LogP contribution in [0.4, 0.5) is 17.2 Å². The lowest BCUT2D eigenvalue weighted by Gasteiger charge is -2.24. The number of fused-ring (bicyclic) bond motifs is 1. The van der Waals surface area contributed by atoms with Crippen molar-refractivity contribution in [2.45, 2.75) is 0 Å². The molecule has 35 heavy (non-hydrogen) atoms. The predicted molar refractivity (Wildman–Crippen MR) is 145 cm³/mol. The maximum atomic E-state index is 10.3. The van der Waals surface area contributed by atoms with Gasteiger partial charge in [0, 0.05) is 23.1 Å². The van der Waals surface area contributed by atoms with Gasteiger partial charge in [0.2, 0.25) is 0 Å². The van der Waals surface area contributed by atoms with Gasteiger partial charge in [0.25, 0.3) is 0 Å². The van der Waals surface area contributed by atoms with Gasteiger partial charge in [-0.2, -0.15) is 0 Å². The second-order valence-corrected chi connectivity index (χ2v) is 9.13. The van der Waals surface area contributed by atoms with E-state index in [9.17, 15) is 5.11 Å². The number of pyridine rings is 1. The van der Waals surface area contributed by atoms with E-state index in [1.807, 2.05) is 60.8 Å². The van der Waals surface area contributed by atoms with E-state index in [-0.39, 0.29) is 5.75 Å². The third kappa shape index (κ3) is 4.03. The summed E-state index contributed by atoms with van der Waals surface area (Å²) in [5, 5.41) is 11.2. The molecule has 4 aromatic carbocycles. The standard InChI is InChI=1S/C30H21N3OS/c34-26-16-5-4-14-25(26)30-32-29-24(15-9-17-27(29)35-30)21-10-8-13-23(20-21)33(22-11-2-1-3-12-22)28-18-6-7-19-31-28/h1-20,34H. The van der Waals surface area contributed by atoms with E-state index >= 15 is 0 Å². The Morgan fingerprint density at radius 2 is 1.40 bits per heavy atom. The second-order valence-electron chi connectivity index (χ2n) is 8.10. The quantitative estimate of drug-likeness (QED) is 0.275. The van der Waals surface area contributed by atoms with Gasteiger partial charge < -0.3 is 5.11 Å². The SMILES string of the molecule is Oc1ccccc1-c1nc2c(-c3cccc(N(c4ccccc4)c4ccccn4)c3)cccc2s1. The van der Waals surface area contributed by atoms with E-state index < -0.39 is 0 Å². The molecule has 1 N–H and O–H groups in total. The first-order valence-corrected chi connectivity index (χ1v) is 12.1. The number of hydrogen-bond acceptors (Lipinski definition) is 5. The molecule has 0 atom stereocenters. The predicted octanol–water partition coefficient (Wildman–Crippen LogP) is 8.20. The van der Waals surface area contributed by atoms with Crippen molar-refractivity contribution in [2.24, 2.45) is 0 Å². The van der Waals surface area contributed by atoms with Crippen LogP contribution in [0, 0.1) is 0 Å². The molecule has 2 aromatic heterocycles. The van der Waals surface area contributed by atoms with E-state index in [2.05, 4.69) is 64.5 Å². The molecule has 0 aliphatic heterocycles. The van der Waals surface area contributed by atoms with E-state index in [0.717, 1.165) is 49.1 Å². The van der Waals surface area contributed by atoms with Crippen molar-refractivity contribution < 1.29 is 5.11 Å². The number of thiazole rings is 1. The molecule has 6 rings (SSSR count). The Balaban J connectivity index is 1.48. The minimum Gasteiger partial charge on any atom is -0.507 e. The zero-order chi connectivity index (χ0) is 23.6. The Bertz CT molecular complexity index is 1570. The summed E-state index contributed by atoms with van der Waals surface area (Å²) in [5.74, 6) is 1.09. The van der Waals surface area contributed by atoms with Crippen LogP contribution in [0.5, 0.6) is 5.75 Å². The van der Waals surface area contributed by atoms with Crippen molar-refractivity contribution in [2.75, 3.05) is 4.90 Å². The van der Waals surface area contributed by atoms with E-state index in [1.54, 1.807) is 17.4 Å². The molecular weight excluding hydrogens is 450 g/mol. The van der Waals surface area contributed by atoms with Crippen molar-refractivity contribution in [1.29, 1.82) is 0 Å². The molecule has 0 radical (unpaired) electrons. The number of aromatic nitrogens is 2. The third-order valence-corrected chi connectivity index (χ3v) is 6.92. The van der Waals surface area contributed by atoms with E-state index in [4.69, 9.17) is 4.98 Å². The van der Waals surface area contributed by atoms with Gasteiger partial charge in [-0.1, -0.05) is 60.7 Å². The maximum Gasteiger partial charge on any atom is 0.137 e. The maximum absolute atomic E-state index is 10.3. The lowest BCUT2D eigenvalue weighted by molar-refractivity contribution is 0.477. The van der Waals surface area contributed by atoms with Crippen LogP contribution in [0.1, 0.15) is 0 Å². The largest absolute Gasteiger partial charge is 0.507 e. The van der Waals surface area contributed by atoms with E-state index in [1.165, 1.54) is 0 Å². The van der Waals surface area contributed by atoms with Crippen LogP contribution in [-0.4, -0.2) is 15.1 Å². The highest BCUT2D eigenvalue weighted by Crippen LogP contribution is 2.40. The minimum atomic E-state index is 0.240. The monoisotopic (exact) mass is 471 g/mol. The van der Waals surface area contributed by atoms with Crippen LogP contribution in [-0.2, 0) is 0 Å². The molecule has 2 heterocycles. The Hall–Kier alpha value is -4.48. The Labute approximate surface area is 207 Å². The molecule has 0 bridgehead atoms. The zero-order valence-corrected chi connectivity index (χ0v) is 19.6. The summed E-state index contributed by atoms with van der Waals surface area (Å²) in [7, 11) is 0. The van der Waals surface area contributed by atoms with Crippen molar-refractivity contribution >= 4 is 38.7 Å². The van der Waals surface area contributed by atoms with Crippen molar-refractivity contribution in [3.05, 3.63) is 121 Å². The fraction of sp³-hybridized carbons (Fsp3) is 0. The molecule has 4 nitrogen and oxygen atoms in total. The normalized spacial score (nSPS) is 11.0. The van der Waals surface area contributed by atoms with Crippen molar-refractivity contribution in [1.82, 2.24) is 9.97 Å².